The first-order valence-electron chi connectivity index (χ1n) is 10.2. The van der Waals surface area contributed by atoms with E-state index in [0.717, 1.165) is 0 Å². The van der Waals surface area contributed by atoms with Crippen LogP contribution in [0.1, 0.15) is 63.3 Å². The Hall–Kier alpha value is -3.11. The predicted molar refractivity (Wildman–Crippen MR) is 114 cm³/mol. The fourth-order valence-corrected chi connectivity index (χ4v) is 3.59. The van der Waals surface area contributed by atoms with Crippen molar-refractivity contribution in [1.29, 1.82) is 0 Å². The average molecular weight is 490 g/mol. The molecule has 0 unspecified atom stereocenters. The van der Waals surface area contributed by atoms with Crippen molar-refractivity contribution in [3.63, 3.8) is 0 Å². The second-order valence-corrected chi connectivity index (χ2v) is 9.75. The van der Waals surface area contributed by atoms with Crippen LogP contribution in [0.25, 0.3) is 0 Å². The van der Waals surface area contributed by atoms with Crippen molar-refractivity contribution in [3.8, 4) is 17.2 Å². The number of aromatic hydroxyl groups is 2. The van der Waals surface area contributed by atoms with E-state index in [9.17, 15) is 36.6 Å². The van der Waals surface area contributed by atoms with Crippen molar-refractivity contribution in [2.45, 2.75) is 64.4 Å². The van der Waals surface area contributed by atoms with Gasteiger partial charge in [0, 0.05) is 17.5 Å². The Balaban J connectivity index is 2.14. The summed E-state index contributed by atoms with van der Waals surface area (Å²) in [6.07, 6.45) is -9.88. The maximum absolute atomic E-state index is 13.2. The van der Waals surface area contributed by atoms with Gasteiger partial charge in [-0.25, -0.2) is 0 Å². The van der Waals surface area contributed by atoms with Crippen molar-refractivity contribution in [1.82, 2.24) is 0 Å². The van der Waals surface area contributed by atoms with Crippen LogP contribution in [-0.4, -0.2) is 21.5 Å². The standard InChI is InChI=1S/C23H24F6N2O3/c1-20(2,3)15-9-14-16(10-21(4,5)34-19(14)18(33)17(15)32)31-30-13-7-11(22(24,25)26)6-12(8-13)23(27,28)29/h6-9,30,32-33H,10H2,1-5H3/b31-16+. The van der Waals surface area contributed by atoms with Crippen LogP contribution in [0.15, 0.2) is 29.4 Å². The van der Waals surface area contributed by atoms with Gasteiger partial charge in [0.05, 0.1) is 22.5 Å². The van der Waals surface area contributed by atoms with Gasteiger partial charge in [0.15, 0.2) is 11.5 Å². The molecule has 3 N–H and O–H groups in total. The summed E-state index contributed by atoms with van der Waals surface area (Å²) in [5, 5.41) is 25.1. The highest BCUT2D eigenvalue weighted by molar-refractivity contribution is 6.06. The first-order valence-corrected chi connectivity index (χ1v) is 10.2. The van der Waals surface area contributed by atoms with Crippen molar-refractivity contribution in [2.24, 2.45) is 5.10 Å². The number of phenolic OH excluding ortho intramolecular Hbond substituents is 2. The summed E-state index contributed by atoms with van der Waals surface area (Å²) in [6, 6.07) is 2.62. The number of rotatable bonds is 2. The number of hydrogen-bond donors (Lipinski definition) is 3. The Morgan fingerprint density at radius 1 is 0.882 bits per heavy atom. The zero-order valence-corrected chi connectivity index (χ0v) is 19.0. The summed E-state index contributed by atoms with van der Waals surface area (Å²) >= 11 is 0. The summed E-state index contributed by atoms with van der Waals surface area (Å²) in [5.41, 5.74) is -1.87. The second-order valence-electron chi connectivity index (χ2n) is 9.75. The zero-order valence-electron chi connectivity index (χ0n) is 19.0. The third kappa shape index (κ3) is 5.18. The highest BCUT2D eigenvalue weighted by Crippen LogP contribution is 2.49. The van der Waals surface area contributed by atoms with E-state index in [0.29, 0.717) is 17.7 Å². The lowest BCUT2D eigenvalue weighted by atomic mass is 9.82. The summed E-state index contributed by atoms with van der Waals surface area (Å²) < 4.78 is 84.8. The molecule has 0 amide bonds. The van der Waals surface area contributed by atoms with Crippen LogP contribution in [0, 0.1) is 0 Å². The molecule has 0 spiro atoms. The number of alkyl halides is 6. The number of ether oxygens (including phenoxy) is 1. The summed E-state index contributed by atoms with van der Waals surface area (Å²) in [7, 11) is 0. The van der Waals surface area contributed by atoms with E-state index in [2.05, 4.69) is 10.5 Å². The van der Waals surface area contributed by atoms with Gasteiger partial charge in [-0.3, -0.25) is 5.43 Å². The van der Waals surface area contributed by atoms with E-state index >= 15 is 0 Å². The van der Waals surface area contributed by atoms with Crippen LogP contribution < -0.4 is 10.2 Å². The van der Waals surface area contributed by atoms with E-state index in [1.54, 1.807) is 34.6 Å². The number of anilines is 1. The minimum atomic E-state index is -5.00. The number of hydrazone groups is 1. The number of benzene rings is 2. The molecular formula is C23H24F6N2O3. The van der Waals surface area contributed by atoms with E-state index in [1.807, 2.05) is 0 Å². The van der Waals surface area contributed by atoms with Gasteiger partial charge in [0.1, 0.15) is 5.60 Å². The molecule has 0 aromatic heterocycles. The third-order valence-electron chi connectivity index (χ3n) is 5.23. The molecule has 186 valence electrons. The molecule has 0 saturated heterocycles. The predicted octanol–water partition coefficient (Wildman–Crippen LogP) is 6.81. The van der Waals surface area contributed by atoms with Gasteiger partial charge in [-0.05, 0) is 43.5 Å². The summed E-state index contributed by atoms with van der Waals surface area (Å²) in [6.45, 7) is 8.69. The Bertz CT molecular complexity index is 1110. The maximum Gasteiger partial charge on any atom is 0.416 e. The average Bonchev–Trinajstić information content (AvgIpc) is 2.66. The van der Waals surface area contributed by atoms with Crippen molar-refractivity contribution < 1.29 is 41.3 Å². The molecule has 1 aliphatic heterocycles. The fraction of sp³-hybridized carbons (Fsp3) is 0.435. The van der Waals surface area contributed by atoms with E-state index < -0.39 is 45.9 Å². The maximum atomic E-state index is 13.2. The molecule has 2 aromatic rings. The van der Waals surface area contributed by atoms with E-state index in [4.69, 9.17) is 4.74 Å². The summed E-state index contributed by atoms with van der Waals surface area (Å²) in [4.78, 5) is 0. The Morgan fingerprint density at radius 2 is 1.41 bits per heavy atom. The SMILES string of the molecule is CC1(C)C/C(=N\Nc2cc(C(F)(F)F)cc(C(F)(F)F)c2)c2cc(C(C)(C)C)c(O)c(O)c2O1. The molecule has 0 bridgehead atoms. The Morgan fingerprint density at radius 3 is 1.88 bits per heavy atom. The van der Waals surface area contributed by atoms with Crippen LogP contribution >= 0.6 is 0 Å². The Labute approximate surface area is 192 Å². The fourth-order valence-electron chi connectivity index (χ4n) is 3.59. The molecule has 0 atom stereocenters. The number of nitrogens with zero attached hydrogens (tertiary/aromatic N) is 1. The minimum absolute atomic E-state index is 0.0294. The van der Waals surface area contributed by atoms with Gasteiger partial charge in [0.25, 0.3) is 0 Å². The topological polar surface area (TPSA) is 74.1 Å². The molecule has 3 rings (SSSR count). The lowest BCUT2D eigenvalue weighted by Crippen LogP contribution is -2.37. The highest BCUT2D eigenvalue weighted by Gasteiger charge is 2.38. The van der Waals surface area contributed by atoms with Crippen molar-refractivity contribution >= 4 is 11.4 Å². The van der Waals surface area contributed by atoms with E-state index in [-0.39, 0.29) is 35.3 Å². The van der Waals surface area contributed by atoms with Crippen molar-refractivity contribution in [3.05, 3.63) is 46.5 Å². The number of fused-ring (bicyclic) bond motifs is 1. The molecule has 0 saturated carbocycles. The number of hydrogen-bond acceptors (Lipinski definition) is 5. The smallest absolute Gasteiger partial charge is 0.416 e. The van der Waals surface area contributed by atoms with Crippen LogP contribution in [0.2, 0.25) is 0 Å². The van der Waals surface area contributed by atoms with Crippen LogP contribution in [-0.2, 0) is 17.8 Å². The molecule has 0 fully saturated rings. The van der Waals surface area contributed by atoms with Gasteiger partial charge >= 0.3 is 12.4 Å². The van der Waals surface area contributed by atoms with Crippen LogP contribution in [0.3, 0.4) is 0 Å². The van der Waals surface area contributed by atoms with Gasteiger partial charge in [0.2, 0.25) is 5.75 Å². The van der Waals surface area contributed by atoms with Gasteiger partial charge in [-0.15, -0.1) is 0 Å². The van der Waals surface area contributed by atoms with Gasteiger partial charge in [-0.1, -0.05) is 20.8 Å². The third-order valence-corrected chi connectivity index (χ3v) is 5.23. The molecule has 1 heterocycles. The lowest BCUT2D eigenvalue weighted by molar-refractivity contribution is -0.143. The molecule has 34 heavy (non-hydrogen) atoms. The van der Waals surface area contributed by atoms with Gasteiger partial charge < -0.3 is 14.9 Å². The summed E-state index contributed by atoms with van der Waals surface area (Å²) in [5.74, 6) is -0.993. The molecule has 5 nitrogen and oxygen atoms in total. The van der Waals surface area contributed by atoms with Gasteiger partial charge in [-0.2, -0.15) is 31.4 Å². The first-order chi connectivity index (χ1) is 15.3. The first kappa shape index (κ1) is 25.5. The number of phenols is 2. The monoisotopic (exact) mass is 490 g/mol. The molecule has 0 aliphatic carbocycles. The normalized spacial score (nSPS) is 17.3. The van der Waals surface area contributed by atoms with E-state index in [1.165, 1.54) is 6.07 Å². The quantitative estimate of drug-likeness (QED) is 0.246. The Kier molecular flexibility index (Phi) is 5.99. The molecular weight excluding hydrogens is 466 g/mol. The molecule has 0 radical (unpaired) electrons. The van der Waals surface area contributed by atoms with Crippen molar-refractivity contribution in [2.75, 3.05) is 5.43 Å². The largest absolute Gasteiger partial charge is 0.504 e. The molecule has 2 aromatic carbocycles. The lowest BCUT2D eigenvalue weighted by Gasteiger charge is -2.35. The van der Waals surface area contributed by atoms with Crippen LogP contribution in [0.4, 0.5) is 32.0 Å². The molecule has 11 heteroatoms. The number of nitrogens with one attached hydrogen (secondary N) is 1. The second kappa shape index (κ2) is 7.99. The molecule has 1 aliphatic rings. The minimum Gasteiger partial charge on any atom is -0.504 e. The number of halogens is 6. The zero-order chi connectivity index (χ0) is 25.9. The highest BCUT2D eigenvalue weighted by atomic mass is 19.4. The van der Waals surface area contributed by atoms with Crippen LogP contribution in [0.5, 0.6) is 17.2 Å².